The second-order valence-corrected chi connectivity index (χ2v) is 10.5. The average molecular weight is 576 g/mol. The van der Waals surface area contributed by atoms with Gasteiger partial charge in [-0.3, -0.25) is 5.32 Å². The van der Waals surface area contributed by atoms with E-state index in [9.17, 15) is 18.0 Å². The molecular weight excluding hydrogens is 543 g/mol. The first-order valence-corrected chi connectivity index (χ1v) is 13.9. The molecular formula is C24H32Cl2N4O6S. The van der Waals surface area contributed by atoms with E-state index in [1.165, 1.54) is 30.2 Å². The van der Waals surface area contributed by atoms with E-state index >= 15 is 0 Å². The molecule has 0 unspecified atom stereocenters. The van der Waals surface area contributed by atoms with Crippen LogP contribution in [0, 0.1) is 0 Å². The van der Waals surface area contributed by atoms with Gasteiger partial charge in [-0.05, 0) is 50.1 Å². The van der Waals surface area contributed by atoms with Crippen LogP contribution < -0.4 is 15.4 Å². The summed E-state index contributed by atoms with van der Waals surface area (Å²) in [5.74, 6) is 0. The number of nitrogens with one attached hydrogen (secondary N) is 3. The van der Waals surface area contributed by atoms with Gasteiger partial charge < -0.3 is 19.7 Å². The van der Waals surface area contributed by atoms with Crippen LogP contribution in [0.5, 0.6) is 0 Å². The second kappa shape index (κ2) is 15.6. The van der Waals surface area contributed by atoms with Crippen molar-refractivity contribution in [1.29, 1.82) is 0 Å². The minimum Gasteiger partial charge on any atom is -0.442 e. The van der Waals surface area contributed by atoms with Gasteiger partial charge in [0.15, 0.2) is 0 Å². The smallest absolute Gasteiger partial charge is 0.412 e. The molecule has 10 nitrogen and oxygen atoms in total. The van der Waals surface area contributed by atoms with Crippen molar-refractivity contribution >= 4 is 51.0 Å². The topological polar surface area (TPSA) is 126 Å². The molecule has 37 heavy (non-hydrogen) atoms. The molecule has 0 radical (unpaired) electrons. The number of amides is 3. The van der Waals surface area contributed by atoms with Gasteiger partial charge in [0.2, 0.25) is 10.0 Å². The normalized spacial score (nSPS) is 12.0. The van der Waals surface area contributed by atoms with Crippen molar-refractivity contribution in [2.45, 2.75) is 30.8 Å². The summed E-state index contributed by atoms with van der Waals surface area (Å²) in [4.78, 5) is 26.4. The molecule has 0 aliphatic rings. The summed E-state index contributed by atoms with van der Waals surface area (Å²) in [5.41, 5.74) is 0.576. The molecule has 0 saturated heterocycles. The van der Waals surface area contributed by atoms with Crippen LogP contribution in [0.4, 0.5) is 15.3 Å². The summed E-state index contributed by atoms with van der Waals surface area (Å²) in [6, 6.07) is 12.7. The van der Waals surface area contributed by atoms with Gasteiger partial charge in [-0.15, -0.1) is 0 Å². The van der Waals surface area contributed by atoms with E-state index in [-0.39, 0.29) is 35.6 Å². The number of methoxy groups -OCH3 is 1. The molecule has 0 aliphatic carbocycles. The molecule has 0 aliphatic heterocycles. The summed E-state index contributed by atoms with van der Waals surface area (Å²) >= 11 is 11.8. The van der Waals surface area contributed by atoms with E-state index in [2.05, 4.69) is 15.4 Å². The van der Waals surface area contributed by atoms with Gasteiger partial charge in [0, 0.05) is 37.5 Å². The van der Waals surface area contributed by atoms with Crippen LogP contribution in [0.1, 0.15) is 19.8 Å². The quantitative estimate of drug-likeness (QED) is 0.288. The monoisotopic (exact) mass is 574 g/mol. The molecule has 3 N–H and O–H groups in total. The molecule has 0 aromatic heterocycles. The zero-order chi connectivity index (χ0) is 27.3. The van der Waals surface area contributed by atoms with Crippen LogP contribution in [0.25, 0.3) is 0 Å². The number of para-hydroxylation sites is 1. The highest BCUT2D eigenvalue weighted by atomic mass is 35.5. The van der Waals surface area contributed by atoms with E-state index < -0.39 is 22.2 Å². The Labute approximate surface area is 227 Å². The number of hydrogen-bond acceptors (Lipinski definition) is 6. The Morgan fingerprint density at radius 3 is 2.46 bits per heavy atom. The fourth-order valence-electron chi connectivity index (χ4n) is 3.32. The number of hydrogen-bond donors (Lipinski definition) is 3. The number of ether oxygens (including phenoxy) is 2. The number of anilines is 1. The third kappa shape index (κ3) is 10.7. The highest BCUT2D eigenvalue weighted by molar-refractivity contribution is 7.89. The summed E-state index contributed by atoms with van der Waals surface area (Å²) in [6.45, 7) is 2.83. The fraction of sp³-hybridized carbons (Fsp3) is 0.417. The Morgan fingerprint density at radius 1 is 1.08 bits per heavy atom. The molecule has 0 bridgehead atoms. The molecule has 13 heteroatoms. The first-order chi connectivity index (χ1) is 17.7. The highest BCUT2D eigenvalue weighted by Crippen LogP contribution is 2.24. The molecule has 204 valence electrons. The molecule has 2 rings (SSSR count). The molecule has 0 fully saturated rings. The predicted molar refractivity (Wildman–Crippen MR) is 144 cm³/mol. The Kier molecular flexibility index (Phi) is 12.9. The van der Waals surface area contributed by atoms with Gasteiger partial charge in [0.25, 0.3) is 0 Å². The van der Waals surface area contributed by atoms with Crippen LogP contribution in [0.2, 0.25) is 10.0 Å². The fourth-order valence-corrected chi connectivity index (χ4v) is 5.16. The number of urea groups is 1. The first-order valence-electron chi connectivity index (χ1n) is 11.7. The minimum atomic E-state index is -3.81. The predicted octanol–water partition coefficient (Wildman–Crippen LogP) is 4.35. The van der Waals surface area contributed by atoms with E-state index in [1.807, 2.05) is 6.07 Å². The zero-order valence-corrected chi connectivity index (χ0v) is 23.0. The highest BCUT2D eigenvalue weighted by Gasteiger charge is 2.22. The molecule has 2 aromatic rings. The van der Waals surface area contributed by atoms with Crippen molar-refractivity contribution in [2.75, 3.05) is 45.2 Å². The van der Waals surface area contributed by atoms with Crippen molar-refractivity contribution in [2.24, 2.45) is 0 Å². The molecule has 1 atom stereocenters. The molecule has 3 amide bonds. The first kappa shape index (κ1) is 30.7. The molecule has 0 saturated carbocycles. The standard InChI is InChI=1S/C24H32Cl2N4O6S/c1-3-27-23(31)30(16-20(17-35-2)36-24(32)29-19-9-5-4-6-10-19)14-8-7-13-28-37(33,34)22-12-11-18(25)15-21(22)26/h4-6,9-12,15,20,28H,3,7-8,13-14,16-17H2,1-2H3,(H,27,31)(H,29,32)/t20-/m1/s1. The second-order valence-electron chi connectivity index (χ2n) is 7.93. The number of halogens is 2. The van der Waals surface area contributed by atoms with Crippen molar-refractivity contribution in [3.05, 3.63) is 58.6 Å². The number of benzene rings is 2. The third-order valence-electron chi connectivity index (χ3n) is 5.02. The van der Waals surface area contributed by atoms with Crippen LogP contribution in [0.3, 0.4) is 0 Å². The van der Waals surface area contributed by atoms with Crippen LogP contribution in [-0.4, -0.2) is 71.4 Å². The van der Waals surface area contributed by atoms with Crippen LogP contribution in [0.15, 0.2) is 53.4 Å². The lowest BCUT2D eigenvalue weighted by atomic mass is 10.2. The summed E-state index contributed by atoms with van der Waals surface area (Å²) in [7, 11) is -2.34. The molecule has 2 aromatic carbocycles. The summed E-state index contributed by atoms with van der Waals surface area (Å²) in [5, 5.41) is 5.74. The Morgan fingerprint density at radius 2 is 1.81 bits per heavy atom. The maximum absolute atomic E-state index is 12.6. The van der Waals surface area contributed by atoms with Crippen LogP contribution in [-0.2, 0) is 19.5 Å². The van der Waals surface area contributed by atoms with Crippen molar-refractivity contribution in [1.82, 2.24) is 14.9 Å². The molecule has 0 heterocycles. The Hall–Kier alpha value is -2.57. The van der Waals surface area contributed by atoms with Gasteiger partial charge in [0.1, 0.15) is 11.0 Å². The lowest BCUT2D eigenvalue weighted by Crippen LogP contribution is -2.46. The third-order valence-corrected chi connectivity index (χ3v) is 7.20. The van der Waals surface area contributed by atoms with E-state index in [0.717, 1.165) is 0 Å². The summed E-state index contributed by atoms with van der Waals surface area (Å²) < 4.78 is 38.2. The number of sulfonamides is 1. The number of nitrogens with zero attached hydrogens (tertiary/aromatic N) is 1. The Balaban J connectivity index is 1.91. The Bertz CT molecular complexity index is 1120. The number of rotatable bonds is 14. The zero-order valence-electron chi connectivity index (χ0n) is 20.7. The maximum atomic E-state index is 12.6. The molecule has 0 spiro atoms. The van der Waals surface area contributed by atoms with E-state index in [4.69, 9.17) is 32.7 Å². The largest absolute Gasteiger partial charge is 0.442 e. The van der Waals surface area contributed by atoms with E-state index in [0.29, 0.717) is 36.6 Å². The van der Waals surface area contributed by atoms with Gasteiger partial charge in [-0.2, -0.15) is 0 Å². The number of unbranched alkanes of at least 4 members (excludes halogenated alkanes) is 1. The van der Waals surface area contributed by atoms with Crippen molar-refractivity contribution < 1.29 is 27.5 Å². The van der Waals surface area contributed by atoms with Gasteiger partial charge in [0.05, 0.1) is 18.2 Å². The van der Waals surface area contributed by atoms with Crippen molar-refractivity contribution in [3.8, 4) is 0 Å². The summed E-state index contributed by atoms with van der Waals surface area (Å²) in [6.07, 6.45) is -0.449. The van der Waals surface area contributed by atoms with Crippen molar-refractivity contribution in [3.63, 3.8) is 0 Å². The maximum Gasteiger partial charge on any atom is 0.412 e. The van der Waals surface area contributed by atoms with Gasteiger partial charge >= 0.3 is 12.1 Å². The minimum absolute atomic E-state index is 0.0305. The SMILES string of the molecule is CCNC(=O)N(CCCCNS(=O)(=O)c1ccc(Cl)cc1Cl)C[C@H](COC)OC(=O)Nc1ccccc1. The van der Waals surface area contributed by atoms with Gasteiger partial charge in [-0.25, -0.2) is 22.7 Å². The number of carbonyl (C=O) groups is 2. The van der Waals surface area contributed by atoms with Gasteiger partial charge in [-0.1, -0.05) is 41.4 Å². The van der Waals surface area contributed by atoms with Crippen LogP contribution >= 0.6 is 23.2 Å². The van der Waals surface area contributed by atoms with E-state index in [1.54, 1.807) is 31.2 Å². The number of carbonyl (C=O) groups excluding carboxylic acids is 2. The lowest BCUT2D eigenvalue weighted by molar-refractivity contribution is 0.0302. The average Bonchev–Trinajstić information content (AvgIpc) is 2.83. The lowest BCUT2D eigenvalue weighted by Gasteiger charge is -2.27.